The van der Waals surface area contributed by atoms with E-state index in [1.54, 1.807) is 13.3 Å². The number of furan rings is 1. The fourth-order valence-electron chi connectivity index (χ4n) is 3.60. The number of piperidine rings is 1. The minimum atomic E-state index is 0. The van der Waals surface area contributed by atoms with E-state index < -0.39 is 0 Å². The predicted molar refractivity (Wildman–Crippen MR) is 124 cm³/mol. The summed E-state index contributed by atoms with van der Waals surface area (Å²) in [5.41, 5.74) is 0. The molecule has 0 spiro atoms. The molecule has 1 aromatic rings. The van der Waals surface area contributed by atoms with Gasteiger partial charge in [0.1, 0.15) is 5.76 Å². The second-order valence-corrected chi connectivity index (χ2v) is 7.45. The summed E-state index contributed by atoms with van der Waals surface area (Å²) in [4.78, 5) is 18.5. The van der Waals surface area contributed by atoms with E-state index in [2.05, 4.69) is 20.9 Å². The van der Waals surface area contributed by atoms with Gasteiger partial charge >= 0.3 is 0 Å². The third-order valence-corrected chi connectivity index (χ3v) is 5.30. The Bertz CT molecular complexity index is 612. The van der Waals surface area contributed by atoms with Gasteiger partial charge in [-0.3, -0.25) is 14.7 Å². The van der Waals surface area contributed by atoms with Crippen molar-refractivity contribution in [3.05, 3.63) is 24.2 Å². The second-order valence-electron chi connectivity index (χ2n) is 7.45. The average molecular weight is 519 g/mol. The zero-order valence-corrected chi connectivity index (χ0v) is 19.5. The number of rotatable bonds is 8. The number of likely N-dealkylation sites (tertiary alicyclic amines) is 1. The summed E-state index contributed by atoms with van der Waals surface area (Å²) < 4.78 is 11.1. The molecule has 2 aliphatic rings. The summed E-state index contributed by atoms with van der Waals surface area (Å²) >= 11 is 0. The van der Waals surface area contributed by atoms with Crippen molar-refractivity contribution in [2.75, 3.05) is 46.4 Å². The number of nitrogens with one attached hydrogen (secondary N) is 3. The van der Waals surface area contributed by atoms with Crippen LogP contribution in [0.4, 0.5) is 0 Å². The average Bonchev–Trinajstić information content (AvgIpc) is 3.41. The zero-order valence-electron chi connectivity index (χ0n) is 17.2. The molecule has 164 valence electrons. The van der Waals surface area contributed by atoms with Gasteiger partial charge in [0.25, 0.3) is 0 Å². The maximum absolute atomic E-state index is 11.5. The number of nitrogens with zero attached hydrogens (tertiary/aromatic N) is 2. The van der Waals surface area contributed by atoms with Crippen molar-refractivity contribution in [3.63, 3.8) is 0 Å². The molecular weight excluding hydrogens is 485 g/mol. The molecule has 2 saturated heterocycles. The number of carbonyl (C=O) groups is 1. The lowest BCUT2D eigenvalue weighted by molar-refractivity contribution is -0.122. The number of halogens is 1. The third kappa shape index (κ3) is 8.51. The SMILES string of the molecule is CNC(=O)CN1CCC(NC(=NCC2CCCO2)NCCc2ccco2)CC1.I. The van der Waals surface area contributed by atoms with Crippen LogP contribution in [0.5, 0.6) is 0 Å². The number of likely N-dealkylation sites (N-methyl/N-ethyl adjacent to an activating group) is 1. The van der Waals surface area contributed by atoms with E-state index in [0.29, 0.717) is 19.1 Å². The molecule has 0 saturated carbocycles. The van der Waals surface area contributed by atoms with Crippen LogP contribution in [-0.4, -0.2) is 75.3 Å². The molecule has 0 radical (unpaired) electrons. The molecule has 29 heavy (non-hydrogen) atoms. The predicted octanol–water partition coefficient (Wildman–Crippen LogP) is 1.36. The number of guanidine groups is 1. The maximum atomic E-state index is 11.5. The largest absolute Gasteiger partial charge is 0.469 e. The van der Waals surface area contributed by atoms with Gasteiger partial charge in [-0.15, -0.1) is 24.0 Å². The molecule has 1 aromatic heterocycles. The number of hydrogen-bond donors (Lipinski definition) is 3. The number of carbonyl (C=O) groups excluding carboxylic acids is 1. The lowest BCUT2D eigenvalue weighted by Gasteiger charge is -2.32. The minimum Gasteiger partial charge on any atom is -0.469 e. The Morgan fingerprint density at radius 1 is 1.31 bits per heavy atom. The van der Waals surface area contributed by atoms with Crippen LogP contribution in [0.3, 0.4) is 0 Å². The molecule has 1 amide bonds. The van der Waals surface area contributed by atoms with Crippen LogP contribution in [-0.2, 0) is 16.0 Å². The van der Waals surface area contributed by atoms with Gasteiger partial charge in [-0.05, 0) is 37.8 Å². The van der Waals surface area contributed by atoms with Gasteiger partial charge < -0.3 is 25.1 Å². The molecule has 1 atom stereocenters. The van der Waals surface area contributed by atoms with Gasteiger partial charge in [0, 0.05) is 45.8 Å². The van der Waals surface area contributed by atoms with Gasteiger partial charge in [0.05, 0.1) is 25.5 Å². The summed E-state index contributed by atoms with van der Waals surface area (Å²) in [5, 5.41) is 9.69. The van der Waals surface area contributed by atoms with Crippen molar-refractivity contribution in [1.29, 1.82) is 0 Å². The Labute approximate surface area is 190 Å². The molecule has 0 bridgehead atoms. The van der Waals surface area contributed by atoms with Crippen LogP contribution in [0.15, 0.2) is 27.8 Å². The van der Waals surface area contributed by atoms with Gasteiger partial charge in [0.2, 0.25) is 5.91 Å². The van der Waals surface area contributed by atoms with Crippen molar-refractivity contribution < 1.29 is 13.9 Å². The van der Waals surface area contributed by atoms with Crippen LogP contribution >= 0.6 is 24.0 Å². The van der Waals surface area contributed by atoms with Gasteiger partial charge in [0.15, 0.2) is 5.96 Å². The first-order chi connectivity index (χ1) is 13.7. The molecule has 0 aliphatic carbocycles. The first kappa shape index (κ1) is 23.9. The van der Waals surface area contributed by atoms with Crippen LogP contribution in [0.1, 0.15) is 31.4 Å². The smallest absolute Gasteiger partial charge is 0.233 e. The molecule has 2 aliphatic heterocycles. The summed E-state index contributed by atoms with van der Waals surface area (Å²) in [7, 11) is 1.68. The van der Waals surface area contributed by atoms with E-state index in [-0.39, 0.29) is 36.0 Å². The highest BCUT2D eigenvalue weighted by molar-refractivity contribution is 14.0. The lowest BCUT2D eigenvalue weighted by Crippen LogP contribution is -2.50. The topological polar surface area (TPSA) is 91.1 Å². The number of hydrogen-bond acceptors (Lipinski definition) is 5. The molecule has 2 fully saturated rings. The Kier molecular flexibility index (Phi) is 10.8. The van der Waals surface area contributed by atoms with Crippen molar-refractivity contribution in [1.82, 2.24) is 20.9 Å². The van der Waals surface area contributed by atoms with Crippen LogP contribution < -0.4 is 16.0 Å². The summed E-state index contributed by atoms with van der Waals surface area (Å²) in [5.74, 6) is 1.88. The summed E-state index contributed by atoms with van der Waals surface area (Å²) in [6.07, 6.45) is 6.95. The van der Waals surface area contributed by atoms with E-state index >= 15 is 0 Å². The standard InChI is InChI=1S/C20H33N5O3.HI/c1-21-19(26)15-25-10-7-16(8-11-25)24-20(23-14-18-5-3-13-28-18)22-9-6-17-4-2-12-27-17;/h2,4,12,16,18H,3,5-11,13-15H2,1H3,(H,21,26)(H2,22,23,24);1H. The van der Waals surface area contributed by atoms with E-state index in [1.807, 2.05) is 12.1 Å². The molecule has 3 rings (SSSR count). The van der Waals surface area contributed by atoms with E-state index in [9.17, 15) is 4.79 Å². The highest BCUT2D eigenvalue weighted by Crippen LogP contribution is 2.13. The highest BCUT2D eigenvalue weighted by atomic mass is 127. The van der Waals surface area contributed by atoms with Gasteiger partial charge in [-0.1, -0.05) is 0 Å². The third-order valence-electron chi connectivity index (χ3n) is 5.30. The van der Waals surface area contributed by atoms with E-state index in [4.69, 9.17) is 14.1 Å². The number of aliphatic imine (C=N–C) groups is 1. The Morgan fingerprint density at radius 2 is 2.14 bits per heavy atom. The Balaban J connectivity index is 0.00000300. The first-order valence-corrected chi connectivity index (χ1v) is 10.3. The Morgan fingerprint density at radius 3 is 2.79 bits per heavy atom. The van der Waals surface area contributed by atoms with Crippen molar-refractivity contribution in [2.45, 2.75) is 44.2 Å². The maximum Gasteiger partial charge on any atom is 0.233 e. The van der Waals surface area contributed by atoms with E-state index in [1.165, 1.54) is 0 Å². The molecule has 0 aromatic carbocycles. The molecule has 3 N–H and O–H groups in total. The Hall–Kier alpha value is -1.33. The monoisotopic (exact) mass is 519 g/mol. The molecular formula is C20H34IN5O3. The van der Waals surface area contributed by atoms with E-state index in [0.717, 1.165) is 70.1 Å². The van der Waals surface area contributed by atoms with Crippen molar-refractivity contribution >= 4 is 35.8 Å². The quantitative estimate of drug-likeness (QED) is 0.273. The minimum absolute atomic E-state index is 0. The lowest BCUT2D eigenvalue weighted by atomic mass is 10.1. The van der Waals surface area contributed by atoms with Crippen LogP contribution in [0, 0.1) is 0 Å². The molecule has 1 unspecified atom stereocenters. The molecule has 3 heterocycles. The van der Waals surface area contributed by atoms with Gasteiger partial charge in [-0.2, -0.15) is 0 Å². The molecule has 9 heteroatoms. The highest BCUT2D eigenvalue weighted by Gasteiger charge is 2.22. The zero-order chi connectivity index (χ0) is 19.6. The van der Waals surface area contributed by atoms with Crippen molar-refractivity contribution in [2.24, 2.45) is 4.99 Å². The van der Waals surface area contributed by atoms with Crippen LogP contribution in [0.25, 0.3) is 0 Å². The summed E-state index contributed by atoms with van der Waals surface area (Å²) in [6.45, 7) is 4.60. The molecule has 8 nitrogen and oxygen atoms in total. The summed E-state index contributed by atoms with van der Waals surface area (Å²) in [6, 6.07) is 4.26. The fourth-order valence-corrected chi connectivity index (χ4v) is 3.60. The van der Waals surface area contributed by atoms with Crippen LogP contribution in [0.2, 0.25) is 0 Å². The second kappa shape index (κ2) is 13.1. The van der Waals surface area contributed by atoms with Crippen molar-refractivity contribution in [3.8, 4) is 0 Å². The van der Waals surface area contributed by atoms with Gasteiger partial charge in [-0.25, -0.2) is 0 Å². The number of ether oxygens (including phenoxy) is 1. The number of amides is 1. The normalized spacial score (nSPS) is 20.9. The first-order valence-electron chi connectivity index (χ1n) is 10.3. The fraction of sp³-hybridized carbons (Fsp3) is 0.700.